The average molecular weight is 345 g/mol. The van der Waals surface area contributed by atoms with Gasteiger partial charge in [0.05, 0.1) is 12.7 Å². The van der Waals surface area contributed by atoms with Crippen molar-refractivity contribution >= 4 is 5.96 Å². The number of likely N-dealkylation sites (tertiary alicyclic amines) is 2. The van der Waals surface area contributed by atoms with Crippen molar-refractivity contribution in [2.75, 3.05) is 52.9 Å². The summed E-state index contributed by atoms with van der Waals surface area (Å²) in [5.41, 5.74) is 0. The van der Waals surface area contributed by atoms with Crippen LogP contribution in [-0.4, -0.2) is 73.7 Å². The molecule has 6 nitrogen and oxygen atoms in total. The van der Waals surface area contributed by atoms with Crippen LogP contribution in [0.4, 0.5) is 0 Å². The Morgan fingerprint density at radius 2 is 2.20 bits per heavy atom. The van der Waals surface area contributed by atoms with Crippen molar-refractivity contribution in [3.63, 3.8) is 0 Å². The summed E-state index contributed by atoms with van der Waals surface area (Å²) in [5.74, 6) is 2.57. The minimum atomic E-state index is 0.607. The second-order valence-electron chi connectivity index (χ2n) is 6.97. The van der Waals surface area contributed by atoms with Gasteiger partial charge in [-0.3, -0.25) is 9.98 Å². The van der Waals surface area contributed by atoms with Crippen molar-refractivity contribution in [3.8, 4) is 5.75 Å². The molecule has 0 saturated carbocycles. The second kappa shape index (κ2) is 9.61. The molecule has 0 bridgehead atoms. The molecule has 1 N–H and O–H groups in total. The molecular weight excluding hydrogens is 314 g/mol. The van der Waals surface area contributed by atoms with E-state index >= 15 is 0 Å². The zero-order valence-corrected chi connectivity index (χ0v) is 15.4. The fraction of sp³-hybridized carbons (Fsp3) is 0.684. The van der Waals surface area contributed by atoms with Crippen molar-refractivity contribution in [2.45, 2.75) is 25.7 Å². The van der Waals surface area contributed by atoms with Gasteiger partial charge in [-0.1, -0.05) is 6.42 Å². The smallest absolute Gasteiger partial charge is 0.193 e. The summed E-state index contributed by atoms with van der Waals surface area (Å²) >= 11 is 0. The third kappa shape index (κ3) is 5.59. The minimum absolute atomic E-state index is 0.607. The van der Waals surface area contributed by atoms with Crippen LogP contribution in [0.1, 0.15) is 25.7 Å². The first kappa shape index (κ1) is 18.0. The lowest BCUT2D eigenvalue weighted by molar-refractivity contribution is 0.198. The van der Waals surface area contributed by atoms with Gasteiger partial charge in [0.15, 0.2) is 5.96 Å². The van der Waals surface area contributed by atoms with Gasteiger partial charge in [-0.05, 0) is 50.4 Å². The quantitative estimate of drug-likeness (QED) is 0.484. The van der Waals surface area contributed by atoms with Crippen LogP contribution in [0.3, 0.4) is 0 Å². The highest BCUT2D eigenvalue weighted by atomic mass is 16.5. The number of ether oxygens (including phenoxy) is 1. The van der Waals surface area contributed by atoms with Gasteiger partial charge in [0.1, 0.15) is 12.4 Å². The first-order chi connectivity index (χ1) is 12.3. The number of piperidine rings is 1. The summed E-state index contributed by atoms with van der Waals surface area (Å²) in [6.45, 7) is 7.38. The lowest BCUT2D eigenvalue weighted by atomic mass is 10.1. The topological polar surface area (TPSA) is 53.0 Å². The van der Waals surface area contributed by atoms with Gasteiger partial charge in [0, 0.05) is 32.9 Å². The van der Waals surface area contributed by atoms with Crippen LogP contribution in [0, 0.1) is 5.92 Å². The van der Waals surface area contributed by atoms with Gasteiger partial charge in [-0.25, -0.2) is 0 Å². The summed E-state index contributed by atoms with van der Waals surface area (Å²) in [4.78, 5) is 13.5. The zero-order valence-electron chi connectivity index (χ0n) is 15.4. The summed E-state index contributed by atoms with van der Waals surface area (Å²) < 4.78 is 5.68. The Hall–Kier alpha value is -1.82. The Balaban J connectivity index is 1.36. The normalized spacial score (nSPS) is 22.2. The van der Waals surface area contributed by atoms with Crippen molar-refractivity contribution in [1.82, 2.24) is 20.1 Å². The molecule has 1 aromatic heterocycles. The summed E-state index contributed by atoms with van der Waals surface area (Å²) in [5, 5.41) is 3.42. The predicted molar refractivity (Wildman–Crippen MR) is 101 cm³/mol. The van der Waals surface area contributed by atoms with E-state index in [9.17, 15) is 0 Å². The van der Waals surface area contributed by atoms with Gasteiger partial charge in [-0.15, -0.1) is 0 Å². The summed E-state index contributed by atoms with van der Waals surface area (Å²) in [7, 11) is 1.86. The Kier molecular flexibility index (Phi) is 6.91. The molecule has 3 heterocycles. The SMILES string of the molecule is CN=C(NCCOc1cccnc1)N1CCC(CN2CCCCC2)C1. The van der Waals surface area contributed by atoms with Gasteiger partial charge >= 0.3 is 0 Å². The van der Waals surface area contributed by atoms with E-state index in [1.165, 1.54) is 45.3 Å². The number of nitrogens with zero attached hydrogens (tertiary/aromatic N) is 4. The standard InChI is InChI=1S/C19H31N5O/c1-20-19(22-9-13-25-18-6-5-8-21-14-18)24-12-7-17(16-24)15-23-10-3-2-4-11-23/h5-6,8,14,17H,2-4,7,9-13,15-16H2,1H3,(H,20,22). The van der Waals surface area contributed by atoms with E-state index < -0.39 is 0 Å². The molecule has 0 spiro atoms. The maximum absolute atomic E-state index is 5.68. The van der Waals surface area contributed by atoms with E-state index in [0.29, 0.717) is 6.61 Å². The lowest BCUT2D eigenvalue weighted by Gasteiger charge is -2.29. The van der Waals surface area contributed by atoms with Crippen molar-refractivity contribution in [3.05, 3.63) is 24.5 Å². The van der Waals surface area contributed by atoms with Crippen LogP contribution in [0.15, 0.2) is 29.5 Å². The molecule has 138 valence electrons. The Labute approximate surface area is 151 Å². The minimum Gasteiger partial charge on any atom is -0.490 e. The molecule has 6 heteroatoms. The molecule has 0 radical (unpaired) electrons. The zero-order chi connectivity index (χ0) is 17.3. The molecule has 1 unspecified atom stereocenters. The largest absolute Gasteiger partial charge is 0.490 e. The maximum Gasteiger partial charge on any atom is 0.193 e. The van der Waals surface area contributed by atoms with Crippen LogP contribution in [0.5, 0.6) is 5.75 Å². The molecule has 3 rings (SSSR count). The molecule has 2 aliphatic heterocycles. The molecule has 1 atom stereocenters. The number of guanidine groups is 1. The molecule has 2 fully saturated rings. The third-order valence-corrected chi connectivity index (χ3v) is 5.05. The molecule has 2 saturated heterocycles. The van der Waals surface area contributed by atoms with Crippen LogP contribution in [-0.2, 0) is 0 Å². The Bertz CT molecular complexity index is 530. The van der Waals surface area contributed by atoms with E-state index in [2.05, 4.69) is 25.1 Å². The number of aliphatic imine (C=N–C) groups is 1. The molecule has 2 aliphatic rings. The van der Waals surface area contributed by atoms with Crippen LogP contribution >= 0.6 is 0 Å². The fourth-order valence-electron chi connectivity index (χ4n) is 3.78. The monoisotopic (exact) mass is 345 g/mol. The first-order valence-corrected chi connectivity index (χ1v) is 9.56. The number of pyridine rings is 1. The van der Waals surface area contributed by atoms with Crippen molar-refractivity contribution in [2.24, 2.45) is 10.9 Å². The van der Waals surface area contributed by atoms with Crippen molar-refractivity contribution < 1.29 is 4.74 Å². The molecule has 0 aliphatic carbocycles. The highest BCUT2D eigenvalue weighted by molar-refractivity contribution is 5.80. The Morgan fingerprint density at radius 1 is 1.32 bits per heavy atom. The van der Waals surface area contributed by atoms with Crippen LogP contribution < -0.4 is 10.1 Å². The molecule has 0 amide bonds. The third-order valence-electron chi connectivity index (χ3n) is 5.05. The highest BCUT2D eigenvalue weighted by Crippen LogP contribution is 2.19. The molecule has 1 aromatic rings. The van der Waals surface area contributed by atoms with Gasteiger partial charge in [-0.2, -0.15) is 0 Å². The van der Waals surface area contributed by atoms with Gasteiger partial charge in [0.25, 0.3) is 0 Å². The fourth-order valence-corrected chi connectivity index (χ4v) is 3.78. The number of hydrogen-bond donors (Lipinski definition) is 1. The Morgan fingerprint density at radius 3 is 2.96 bits per heavy atom. The number of rotatable bonds is 6. The van der Waals surface area contributed by atoms with Gasteiger partial charge in [0.2, 0.25) is 0 Å². The second-order valence-corrected chi connectivity index (χ2v) is 6.97. The summed E-state index contributed by atoms with van der Waals surface area (Å²) in [6.07, 6.45) is 8.91. The van der Waals surface area contributed by atoms with E-state index in [-0.39, 0.29) is 0 Å². The molecule has 25 heavy (non-hydrogen) atoms. The van der Waals surface area contributed by atoms with Crippen molar-refractivity contribution in [1.29, 1.82) is 0 Å². The number of aromatic nitrogens is 1. The lowest BCUT2D eigenvalue weighted by Crippen LogP contribution is -2.42. The first-order valence-electron chi connectivity index (χ1n) is 9.56. The van der Waals surface area contributed by atoms with E-state index in [0.717, 1.165) is 37.3 Å². The molecular formula is C19H31N5O. The number of nitrogens with one attached hydrogen (secondary N) is 1. The van der Waals surface area contributed by atoms with Gasteiger partial charge < -0.3 is 19.9 Å². The van der Waals surface area contributed by atoms with E-state index in [4.69, 9.17) is 4.74 Å². The average Bonchev–Trinajstić information content (AvgIpc) is 3.12. The maximum atomic E-state index is 5.68. The van der Waals surface area contributed by atoms with Crippen LogP contribution in [0.2, 0.25) is 0 Å². The predicted octanol–water partition coefficient (Wildman–Crippen LogP) is 1.84. The molecule has 0 aromatic carbocycles. The van der Waals surface area contributed by atoms with Crippen LogP contribution in [0.25, 0.3) is 0 Å². The highest BCUT2D eigenvalue weighted by Gasteiger charge is 2.26. The van der Waals surface area contributed by atoms with E-state index in [1.807, 2.05) is 19.2 Å². The summed E-state index contributed by atoms with van der Waals surface area (Å²) in [6, 6.07) is 3.81. The van der Waals surface area contributed by atoms with E-state index in [1.54, 1.807) is 12.4 Å². The number of hydrogen-bond acceptors (Lipinski definition) is 4.